The standard InChI is InChI=1S/C5H10O3.Na/c1-3(2)4(6)5(7)8;/h3-4,6H,1-2H3,(H,7,8);. The topological polar surface area (TPSA) is 57.5 Å². The minimum Gasteiger partial charge on any atom is -0.479 e. The first kappa shape index (κ1) is 12.1. The summed E-state index contributed by atoms with van der Waals surface area (Å²) in [7, 11) is 0. The molecule has 0 saturated heterocycles. The van der Waals surface area contributed by atoms with Crippen molar-refractivity contribution < 1.29 is 15.0 Å². The predicted molar refractivity (Wildman–Crippen MR) is 34.2 cm³/mol. The van der Waals surface area contributed by atoms with E-state index in [0.717, 1.165) is 0 Å². The minimum atomic E-state index is -1.21. The fourth-order valence-electron chi connectivity index (χ4n) is 0.285. The van der Waals surface area contributed by atoms with Gasteiger partial charge in [0, 0.05) is 29.6 Å². The predicted octanol–water partition coefficient (Wildman–Crippen LogP) is -0.293. The molecule has 0 aliphatic carbocycles. The third kappa shape index (κ3) is 4.90. The van der Waals surface area contributed by atoms with Crippen molar-refractivity contribution in [3.8, 4) is 0 Å². The van der Waals surface area contributed by atoms with Gasteiger partial charge in [0.2, 0.25) is 0 Å². The van der Waals surface area contributed by atoms with E-state index in [1.54, 1.807) is 13.8 Å². The van der Waals surface area contributed by atoms with E-state index < -0.39 is 12.1 Å². The van der Waals surface area contributed by atoms with Gasteiger partial charge in [0.15, 0.2) is 6.10 Å². The van der Waals surface area contributed by atoms with Gasteiger partial charge in [0.05, 0.1) is 0 Å². The van der Waals surface area contributed by atoms with Crippen molar-refractivity contribution in [2.24, 2.45) is 5.92 Å². The first-order chi connectivity index (χ1) is 3.55. The van der Waals surface area contributed by atoms with Crippen LogP contribution in [0.4, 0.5) is 0 Å². The van der Waals surface area contributed by atoms with E-state index in [2.05, 4.69) is 0 Å². The molecule has 0 fully saturated rings. The number of hydrogen-bond acceptors (Lipinski definition) is 2. The average Bonchev–Trinajstić information content (AvgIpc) is 1.64. The Morgan fingerprint density at radius 2 is 1.78 bits per heavy atom. The number of carboxylic acids is 1. The van der Waals surface area contributed by atoms with E-state index in [1.165, 1.54) is 0 Å². The quantitative estimate of drug-likeness (QED) is 0.519. The molecule has 0 amide bonds. The van der Waals surface area contributed by atoms with Crippen LogP contribution < -0.4 is 0 Å². The van der Waals surface area contributed by atoms with Crippen LogP contribution in [0, 0.1) is 5.92 Å². The SMILES string of the molecule is CC(C)C(O)C(=O)O.[Na]. The summed E-state index contributed by atoms with van der Waals surface area (Å²) < 4.78 is 0. The van der Waals surface area contributed by atoms with E-state index in [0.29, 0.717) is 0 Å². The molecule has 1 radical (unpaired) electrons. The van der Waals surface area contributed by atoms with E-state index in [-0.39, 0.29) is 35.5 Å². The average molecular weight is 141 g/mol. The van der Waals surface area contributed by atoms with Gasteiger partial charge < -0.3 is 10.2 Å². The Labute approximate surface area is 76.4 Å². The molecule has 0 aromatic carbocycles. The molecule has 1 atom stereocenters. The molecule has 0 aromatic heterocycles. The van der Waals surface area contributed by atoms with E-state index in [4.69, 9.17) is 10.2 Å². The van der Waals surface area contributed by atoms with Crippen LogP contribution in [0.25, 0.3) is 0 Å². The molecular formula is C5H10NaO3. The Morgan fingerprint density at radius 3 is 1.78 bits per heavy atom. The van der Waals surface area contributed by atoms with Crippen LogP contribution in [0.15, 0.2) is 0 Å². The molecule has 0 heterocycles. The maximum absolute atomic E-state index is 9.89. The molecule has 0 rings (SSSR count). The van der Waals surface area contributed by atoms with Gasteiger partial charge in [-0.25, -0.2) is 4.79 Å². The van der Waals surface area contributed by atoms with Crippen LogP contribution in [0.3, 0.4) is 0 Å². The fraction of sp³-hybridized carbons (Fsp3) is 0.800. The second-order valence-corrected chi connectivity index (χ2v) is 2.03. The van der Waals surface area contributed by atoms with E-state index >= 15 is 0 Å². The van der Waals surface area contributed by atoms with E-state index in [1.807, 2.05) is 0 Å². The van der Waals surface area contributed by atoms with Crippen LogP contribution in [-0.4, -0.2) is 51.8 Å². The van der Waals surface area contributed by atoms with Crippen LogP contribution in [0.1, 0.15) is 13.8 Å². The molecule has 4 heteroatoms. The summed E-state index contributed by atoms with van der Waals surface area (Å²) >= 11 is 0. The van der Waals surface area contributed by atoms with Gasteiger partial charge >= 0.3 is 5.97 Å². The van der Waals surface area contributed by atoms with Crippen LogP contribution in [-0.2, 0) is 4.79 Å². The Morgan fingerprint density at radius 1 is 1.44 bits per heavy atom. The summed E-state index contributed by atoms with van der Waals surface area (Å²) in [6.07, 6.45) is -1.21. The summed E-state index contributed by atoms with van der Waals surface area (Å²) in [5, 5.41) is 16.7. The third-order valence-corrected chi connectivity index (χ3v) is 0.884. The van der Waals surface area contributed by atoms with Crippen molar-refractivity contribution >= 4 is 35.5 Å². The smallest absolute Gasteiger partial charge is 0.332 e. The second kappa shape index (κ2) is 5.23. The normalized spacial score (nSPS) is 12.4. The Kier molecular flexibility index (Phi) is 7.06. The van der Waals surface area contributed by atoms with Crippen molar-refractivity contribution in [1.29, 1.82) is 0 Å². The van der Waals surface area contributed by atoms with Crippen molar-refractivity contribution in [3.63, 3.8) is 0 Å². The van der Waals surface area contributed by atoms with Crippen molar-refractivity contribution in [2.45, 2.75) is 20.0 Å². The first-order valence-electron chi connectivity index (χ1n) is 2.46. The van der Waals surface area contributed by atoms with Gasteiger partial charge in [0.1, 0.15) is 0 Å². The summed E-state index contributed by atoms with van der Waals surface area (Å²) in [4.78, 5) is 9.89. The molecule has 0 spiro atoms. The molecule has 0 saturated carbocycles. The van der Waals surface area contributed by atoms with Crippen molar-refractivity contribution in [2.75, 3.05) is 0 Å². The third-order valence-electron chi connectivity index (χ3n) is 0.884. The largest absolute Gasteiger partial charge is 0.479 e. The van der Waals surface area contributed by atoms with Gasteiger partial charge in [-0.1, -0.05) is 13.8 Å². The molecule has 9 heavy (non-hydrogen) atoms. The molecule has 3 nitrogen and oxygen atoms in total. The number of aliphatic hydroxyl groups excluding tert-OH is 1. The maximum Gasteiger partial charge on any atom is 0.332 e. The number of aliphatic carboxylic acids is 1. The second-order valence-electron chi connectivity index (χ2n) is 2.03. The summed E-state index contributed by atoms with van der Waals surface area (Å²) in [6, 6.07) is 0. The zero-order valence-corrected chi connectivity index (χ0v) is 7.96. The molecule has 0 aliphatic heterocycles. The molecular weight excluding hydrogens is 131 g/mol. The molecule has 0 bridgehead atoms. The molecule has 2 N–H and O–H groups in total. The van der Waals surface area contributed by atoms with E-state index in [9.17, 15) is 4.79 Å². The number of hydrogen-bond donors (Lipinski definition) is 2. The fourth-order valence-corrected chi connectivity index (χ4v) is 0.285. The zero-order valence-electron chi connectivity index (χ0n) is 5.96. The Bertz CT molecular complexity index is 92.2. The summed E-state index contributed by atoms with van der Waals surface area (Å²) in [5.74, 6) is -1.35. The number of aliphatic hydroxyl groups is 1. The molecule has 49 valence electrons. The number of carbonyl (C=O) groups is 1. The number of rotatable bonds is 2. The summed E-state index contributed by atoms with van der Waals surface area (Å²) in [6.45, 7) is 3.30. The molecule has 0 aromatic rings. The Hall–Kier alpha value is 0.430. The van der Waals surface area contributed by atoms with Crippen LogP contribution in [0.2, 0.25) is 0 Å². The molecule has 1 unspecified atom stereocenters. The van der Waals surface area contributed by atoms with Crippen LogP contribution >= 0.6 is 0 Å². The molecule has 0 aliphatic rings. The maximum atomic E-state index is 9.89. The monoisotopic (exact) mass is 141 g/mol. The van der Waals surface area contributed by atoms with Gasteiger partial charge in [-0.05, 0) is 5.92 Å². The van der Waals surface area contributed by atoms with Crippen molar-refractivity contribution in [3.05, 3.63) is 0 Å². The number of carboxylic acid groups (broad SMARTS) is 1. The van der Waals surface area contributed by atoms with Gasteiger partial charge in [-0.2, -0.15) is 0 Å². The first-order valence-corrected chi connectivity index (χ1v) is 2.46. The summed E-state index contributed by atoms with van der Waals surface area (Å²) in [5.41, 5.74) is 0. The Balaban J connectivity index is 0. The van der Waals surface area contributed by atoms with Crippen LogP contribution in [0.5, 0.6) is 0 Å². The van der Waals surface area contributed by atoms with Crippen molar-refractivity contribution in [1.82, 2.24) is 0 Å². The minimum absolute atomic E-state index is 0. The van der Waals surface area contributed by atoms with Gasteiger partial charge in [-0.3, -0.25) is 0 Å². The van der Waals surface area contributed by atoms with Gasteiger partial charge in [-0.15, -0.1) is 0 Å². The van der Waals surface area contributed by atoms with Gasteiger partial charge in [0.25, 0.3) is 0 Å². The zero-order chi connectivity index (χ0) is 6.73.